The normalized spacial score (nSPS) is 31.7. The second-order valence-corrected chi connectivity index (χ2v) is 6.63. The zero-order valence-corrected chi connectivity index (χ0v) is 13.1. The summed E-state index contributed by atoms with van der Waals surface area (Å²) >= 11 is 0. The van der Waals surface area contributed by atoms with Gasteiger partial charge in [-0.2, -0.15) is 0 Å². The Morgan fingerprint density at radius 2 is 2.00 bits per heavy atom. The lowest BCUT2D eigenvalue weighted by Gasteiger charge is -2.23. The Labute approximate surface area is 122 Å². The lowest BCUT2D eigenvalue weighted by molar-refractivity contribution is -0.127. The van der Waals surface area contributed by atoms with E-state index in [2.05, 4.69) is 26.1 Å². The highest BCUT2D eigenvalue weighted by molar-refractivity contribution is 5.79. The molecule has 4 unspecified atom stereocenters. The van der Waals surface area contributed by atoms with Crippen molar-refractivity contribution in [2.75, 3.05) is 6.79 Å². The van der Waals surface area contributed by atoms with Gasteiger partial charge >= 0.3 is 0 Å². The van der Waals surface area contributed by atoms with Gasteiger partial charge in [0, 0.05) is 12.0 Å². The highest BCUT2D eigenvalue weighted by atomic mass is 16.7. The van der Waals surface area contributed by atoms with Crippen molar-refractivity contribution >= 4 is 5.91 Å². The minimum absolute atomic E-state index is 0.0907. The number of ether oxygens (including phenoxy) is 2. The molecule has 0 aromatic rings. The Bertz CT molecular complexity index is 319. The fraction of sp³-hybridized carbons (Fsp3) is 0.938. The first-order valence-corrected chi connectivity index (χ1v) is 8.13. The van der Waals surface area contributed by atoms with Gasteiger partial charge in [-0.05, 0) is 44.4 Å². The molecule has 0 spiro atoms. The summed E-state index contributed by atoms with van der Waals surface area (Å²) in [4.78, 5) is 12.5. The van der Waals surface area contributed by atoms with Crippen LogP contribution in [-0.4, -0.2) is 30.9 Å². The molecule has 0 bridgehead atoms. The van der Waals surface area contributed by atoms with Crippen LogP contribution >= 0.6 is 0 Å². The summed E-state index contributed by atoms with van der Waals surface area (Å²) in [7, 11) is 0. The minimum atomic E-state index is 0.0907. The topological polar surface area (TPSA) is 47.6 Å². The molecule has 0 radical (unpaired) electrons. The summed E-state index contributed by atoms with van der Waals surface area (Å²) in [6, 6.07) is 0.308. The van der Waals surface area contributed by atoms with E-state index in [0.29, 0.717) is 18.8 Å². The lowest BCUT2D eigenvalue weighted by Crippen LogP contribution is -2.40. The number of rotatable bonds is 5. The van der Waals surface area contributed by atoms with Gasteiger partial charge in [-0.25, -0.2) is 0 Å². The van der Waals surface area contributed by atoms with Gasteiger partial charge in [-0.15, -0.1) is 0 Å². The number of carbonyl (C=O) groups excluding carboxylic acids is 1. The van der Waals surface area contributed by atoms with Crippen molar-refractivity contribution in [3.05, 3.63) is 0 Å². The van der Waals surface area contributed by atoms with Gasteiger partial charge in [0.15, 0.2) is 0 Å². The zero-order valence-electron chi connectivity index (χ0n) is 13.1. The monoisotopic (exact) mass is 283 g/mol. The van der Waals surface area contributed by atoms with Crippen molar-refractivity contribution < 1.29 is 14.3 Å². The number of carbonyl (C=O) groups is 1. The van der Waals surface area contributed by atoms with Crippen molar-refractivity contribution in [3.63, 3.8) is 0 Å². The fourth-order valence-corrected chi connectivity index (χ4v) is 3.34. The average Bonchev–Trinajstić information content (AvgIpc) is 2.74. The van der Waals surface area contributed by atoms with Gasteiger partial charge in [0.1, 0.15) is 6.79 Å². The summed E-state index contributed by atoms with van der Waals surface area (Å²) < 4.78 is 11.2. The number of amides is 1. The summed E-state index contributed by atoms with van der Waals surface area (Å²) in [6.07, 6.45) is 6.26. The number of fused-ring (bicyclic) bond motifs is 1. The third-order valence-electron chi connectivity index (χ3n) is 4.50. The molecule has 2 fully saturated rings. The Kier molecular flexibility index (Phi) is 5.85. The molecule has 4 nitrogen and oxygen atoms in total. The van der Waals surface area contributed by atoms with Crippen LogP contribution in [0.5, 0.6) is 0 Å². The molecule has 116 valence electrons. The van der Waals surface area contributed by atoms with E-state index in [1.54, 1.807) is 0 Å². The van der Waals surface area contributed by atoms with Crippen LogP contribution in [0.15, 0.2) is 0 Å². The van der Waals surface area contributed by atoms with Gasteiger partial charge in [-0.1, -0.05) is 20.8 Å². The predicted octanol–water partition coefficient (Wildman–Crippen LogP) is 2.86. The molecule has 4 atom stereocenters. The third kappa shape index (κ3) is 4.19. The molecule has 1 saturated carbocycles. The van der Waals surface area contributed by atoms with Gasteiger partial charge in [0.25, 0.3) is 0 Å². The highest BCUT2D eigenvalue weighted by Gasteiger charge is 2.36. The maximum absolute atomic E-state index is 12.5. The second-order valence-electron chi connectivity index (χ2n) is 6.63. The molecule has 1 aliphatic heterocycles. The lowest BCUT2D eigenvalue weighted by atomic mass is 9.96. The van der Waals surface area contributed by atoms with E-state index >= 15 is 0 Å². The van der Waals surface area contributed by atoms with Crippen LogP contribution in [0.4, 0.5) is 0 Å². The van der Waals surface area contributed by atoms with E-state index in [0.717, 1.165) is 38.5 Å². The first kappa shape index (κ1) is 15.8. The molecular formula is C16H29NO3. The Hall–Kier alpha value is -0.610. The van der Waals surface area contributed by atoms with Crippen LogP contribution in [0.3, 0.4) is 0 Å². The van der Waals surface area contributed by atoms with E-state index < -0.39 is 0 Å². The summed E-state index contributed by atoms with van der Waals surface area (Å²) in [5.74, 6) is 0.923. The molecule has 2 rings (SSSR count). The minimum Gasteiger partial charge on any atom is -0.353 e. The number of nitrogens with one attached hydrogen (secondary N) is 1. The SMILES string of the molecule is CCC(CC(C)C)NC(=O)C1CCCC2OCOC2C1. The van der Waals surface area contributed by atoms with Crippen molar-refractivity contribution in [2.24, 2.45) is 11.8 Å². The van der Waals surface area contributed by atoms with Gasteiger partial charge in [0.05, 0.1) is 12.2 Å². The standard InChI is InChI=1S/C16H29NO3/c1-4-13(8-11(2)3)17-16(18)12-6-5-7-14-15(9-12)20-10-19-14/h11-15H,4-10H2,1-3H3,(H,17,18). The van der Waals surface area contributed by atoms with Crippen LogP contribution < -0.4 is 5.32 Å². The molecule has 1 saturated heterocycles. The molecule has 1 N–H and O–H groups in total. The van der Waals surface area contributed by atoms with Crippen LogP contribution in [-0.2, 0) is 14.3 Å². The molecule has 1 amide bonds. The van der Waals surface area contributed by atoms with Gasteiger partial charge in [-0.3, -0.25) is 4.79 Å². The quantitative estimate of drug-likeness (QED) is 0.844. The van der Waals surface area contributed by atoms with Crippen molar-refractivity contribution in [1.29, 1.82) is 0 Å². The molecule has 2 aliphatic rings. The maximum atomic E-state index is 12.5. The zero-order chi connectivity index (χ0) is 14.5. The van der Waals surface area contributed by atoms with Crippen LogP contribution in [0.25, 0.3) is 0 Å². The Morgan fingerprint density at radius 3 is 2.70 bits per heavy atom. The van der Waals surface area contributed by atoms with Crippen molar-refractivity contribution in [3.8, 4) is 0 Å². The van der Waals surface area contributed by atoms with Gasteiger partial charge in [0.2, 0.25) is 5.91 Å². The number of hydrogen-bond donors (Lipinski definition) is 1. The third-order valence-corrected chi connectivity index (χ3v) is 4.50. The van der Waals surface area contributed by atoms with Gasteiger partial charge < -0.3 is 14.8 Å². The highest BCUT2D eigenvalue weighted by Crippen LogP contribution is 2.31. The summed E-state index contributed by atoms with van der Waals surface area (Å²) in [6.45, 7) is 6.95. The smallest absolute Gasteiger partial charge is 0.223 e. The van der Waals surface area contributed by atoms with Crippen molar-refractivity contribution in [1.82, 2.24) is 5.32 Å². The molecule has 0 aromatic heterocycles. The van der Waals surface area contributed by atoms with E-state index in [9.17, 15) is 4.79 Å². The van der Waals surface area contributed by atoms with Crippen LogP contribution in [0.1, 0.15) is 59.3 Å². The first-order chi connectivity index (χ1) is 9.60. The maximum Gasteiger partial charge on any atom is 0.223 e. The van der Waals surface area contributed by atoms with Crippen LogP contribution in [0, 0.1) is 11.8 Å². The largest absolute Gasteiger partial charge is 0.353 e. The van der Waals surface area contributed by atoms with E-state index in [1.807, 2.05) is 0 Å². The summed E-state index contributed by atoms with van der Waals surface area (Å²) in [5.41, 5.74) is 0. The fourth-order valence-electron chi connectivity index (χ4n) is 3.34. The summed E-state index contributed by atoms with van der Waals surface area (Å²) in [5, 5.41) is 3.24. The molecule has 4 heteroatoms. The molecule has 0 aromatic carbocycles. The first-order valence-electron chi connectivity index (χ1n) is 8.13. The van der Waals surface area contributed by atoms with E-state index in [-0.39, 0.29) is 24.0 Å². The Balaban J connectivity index is 1.87. The Morgan fingerprint density at radius 1 is 1.25 bits per heavy atom. The van der Waals surface area contributed by atoms with Crippen molar-refractivity contribution in [2.45, 2.75) is 77.5 Å². The van der Waals surface area contributed by atoms with E-state index in [4.69, 9.17) is 9.47 Å². The average molecular weight is 283 g/mol. The predicted molar refractivity (Wildman–Crippen MR) is 78.2 cm³/mol. The van der Waals surface area contributed by atoms with E-state index in [1.165, 1.54) is 0 Å². The number of hydrogen-bond acceptors (Lipinski definition) is 3. The molecular weight excluding hydrogens is 254 g/mol. The van der Waals surface area contributed by atoms with Crippen LogP contribution in [0.2, 0.25) is 0 Å². The molecule has 1 aliphatic carbocycles. The second kappa shape index (κ2) is 7.41. The molecule has 20 heavy (non-hydrogen) atoms. The molecule has 1 heterocycles.